The molecule has 0 radical (unpaired) electrons. The van der Waals surface area contributed by atoms with Crippen LogP contribution in [0.15, 0.2) is 42.5 Å². The van der Waals surface area contributed by atoms with Gasteiger partial charge in [-0.3, -0.25) is 0 Å². The molecule has 0 saturated heterocycles. The van der Waals surface area contributed by atoms with Crippen molar-refractivity contribution in [1.29, 1.82) is 0 Å². The van der Waals surface area contributed by atoms with Gasteiger partial charge in [-0.05, 0) is 41.8 Å². The third-order valence-corrected chi connectivity index (χ3v) is 3.62. The zero-order chi connectivity index (χ0) is 13.9. The fourth-order valence-corrected chi connectivity index (χ4v) is 2.53. The van der Waals surface area contributed by atoms with E-state index in [0.717, 1.165) is 35.7 Å². The predicted molar refractivity (Wildman–Crippen MR) is 79.3 cm³/mol. The minimum absolute atomic E-state index is 0.114. The Morgan fingerprint density at radius 3 is 2.65 bits per heavy atom. The number of hydrogen-bond donors (Lipinski definition) is 1. The number of rotatable bonds is 4. The van der Waals surface area contributed by atoms with Crippen molar-refractivity contribution >= 4 is 0 Å². The van der Waals surface area contributed by atoms with Gasteiger partial charge >= 0.3 is 0 Å². The van der Waals surface area contributed by atoms with E-state index in [4.69, 9.17) is 15.2 Å². The molecule has 3 nitrogen and oxygen atoms in total. The molecule has 1 heterocycles. The molecule has 1 atom stereocenters. The Labute approximate surface area is 119 Å². The molecule has 3 heteroatoms. The zero-order valence-corrected chi connectivity index (χ0v) is 11.6. The molecular weight excluding hydrogens is 250 g/mol. The quantitative estimate of drug-likeness (QED) is 0.927. The number of fused-ring (bicyclic) bond motifs is 1. The van der Waals surface area contributed by atoms with Gasteiger partial charge in [0.05, 0.1) is 19.3 Å². The smallest absolute Gasteiger partial charge is 0.122 e. The molecule has 1 aliphatic heterocycles. The first kappa shape index (κ1) is 13.0. The van der Waals surface area contributed by atoms with Crippen LogP contribution in [0.3, 0.4) is 0 Å². The van der Waals surface area contributed by atoms with E-state index in [-0.39, 0.29) is 6.04 Å². The average molecular weight is 269 g/mol. The fourth-order valence-electron chi connectivity index (χ4n) is 2.53. The van der Waals surface area contributed by atoms with E-state index in [9.17, 15) is 0 Å². The molecule has 2 N–H and O–H groups in total. The fraction of sp³-hybridized carbons (Fsp3) is 0.294. The summed E-state index contributed by atoms with van der Waals surface area (Å²) in [4.78, 5) is 0. The molecule has 0 saturated carbocycles. The second kappa shape index (κ2) is 5.55. The molecule has 0 fully saturated rings. The van der Waals surface area contributed by atoms with Crippen LogP contribution in [0.2, 0.25) is 0 Å². The first-order chi connectivity index (χ1) is 9.78. The Morgan fingerprint density at radius 2 is 1.90 bits per heavy atom. The summed E-state index contributed by atoms with van der Waals surface area (Å²) in [6.07, 6.45) is 0.971. The third-order valence-electron chi connectivity index (χ3n) is 3.62. The SMILES string of the molecule is CCOc1ccc(C(N)c2ccc3c(c2)CCO3)cc1. The lowest BCUT2D eigenvalue weighted by atomic mass is 9.97. The van der Waals surface area contributed by atoms with Crippen LogP contribution in [0.4, 0.5) is 0 Å². The van der Waals surface area contributed by atoms with E-state index in [0.29, 0.717) is 6.61 Å². The van der Waals surface area contributed by atoms with Crippen LogP contribution in [0.5, 0.6) is 11.5 Å². The number of ether oxygens (including phenoxy) is 2. The Balaban J connectivity index is 1.82. The Morgan fingerprint density at radius 1 is 1.15 bits per heavy atom. The minimum Gasteiger partial charge on any atom is -0.494 e. The highest BCUT2D eigenvalue weighted by molar-refractivity contribution is 5.43. The lowest BCUT2D eigenvalue weighted by Crippen LogP contribution is -2.11. The van der Waals surface area contributed by atoms with Crippen LogP contribution in [0.1, 0.15) is 29.7 Å². The van der Waals surface area contributed by atoms with Crippen LogP contribution in [0, 0.1) is 0 Å². The van der Waals surface area contributed by atoms with Gasteiger partial charge in [0.2, 0.25) is 0 Å². The van der Waals surface area contributed by atoms with E-state index in [1.807, 2.05) is 43.3 Å². The lowest BCUT2D eigenvalue weighted by Gasteiger charge is -2.14. The molecule has 0 amide bonds. The van der Waals surface area contributed by atoms with Crippen molar-refractivity contribution in [3.05, 3.63) is 59.2 Å². The van der Waals surface area contributed by atoms with Gasteiger partial charge in [0.15, 0.2) is 0 Å². The van der Waals surface area contributed by atoms with Gasteiger partial charge in [0.1, 0.15) is 11.5 Å². The Hall–Kier alpha value is -2.00. The molecule has 0 aromatic heterocycles. The lowest BCUT2D eigenvalue weighted by molar-refractivity contribution is 0.340. The van der Waals surface area contributed by atoms with Crippen LogP contribution >= 0.6 is 0 Å². The van der Waals surface area contributed by atoms with E-state index < -0.39 is 0 Å². The highest BCUT2D eigenvalue weighted by Crippen LogP contribution is 2.30. The summed E-state index contributed by atoms with van der Waals surface area (Å²) in [6, 6.07) is 14.1. The molecule has 0 aliphatic carbocycles. The second-order valence-electron chi connectivity index (χ2n) is 4.95. The number of hydrogen-bond acceptors (Lipinski definition) is 3. The van der Waals surface area contributed by atoms with Crippen LogP contribution in [-0.4, -0.2) is 13.2 Å². The standard InChI is InChI=1S/C17H19NO2/c1-2-19-15-6-3-12(4-7-15)17(18)14-5-8-16-13(11-14)9-10-20-16/h3-8,11,17H,2,9-10,18H2,1H3. The molecule has 0 spiro atoms. The topological polar surface area (TPSA) is 44.5 Å². The minimum atomic E-state index is -0.114. The highest BCUT2D eigenvalue weighted by Gasteiger charge is 2.15. The first-order valence-corrected chi connectivity index (χ1v) is 7.02. The van der Waals surface area contributed by atoms with Crippen molar-refractivity contribution in [2.75, 3.05) is 13.2 Å². The van der Waals surface area contributed by atoms with Gasteiger partial charge in [-0.15, -0.1) is 0 Å². The summed E-state index contributed by atoms with van der Waals surface area (Å²) >= 11 is 0. The molecule has 1 unspecified atom stereocenters. The van der Waals surface area contributed by atoms with Crippen LogP contribution < -0.4 is 15.2 Å². The predicted octanol–water partition coefficient (Wildman–Crippen LogP) is 3.07. The van der Waals surface area contributed by atoms with Gasteiger partial charge in [0.25, 0.3) is 0 Å². The first-order valence-electron chi connectivity index (χ1n) is 7.02. The third kappa shape index (κ3) is 2.49. The van der Waals surface area contributed by atoms with Crippen LogP contribution in [-0.2, 0) is 6.42 Å². The molecule has 0 bridgehead atoms. The molecule has 2 aromatic carbocycles. The summed E-state index contributed by atoms with van der Waals surface area (Å²) in [5.74, 6) is 1.87. The number of benzene rings is 2. The molecular formula is C17H19NO2. The van der Waals surface area contributed by atoms with Gasteiger partial charge in [-0.2, -0.15) is 0 Å². The van der Waals surface area contributed by atoms with E-state index in [1.165, 1.54) is 5.56 Å². The molecule has 20 heavy (non-hydrogen) atoms. The largest absolute Gasteiger partial charge is 0.494 e. The maximum atomic E-state index is 6.35. The van der Waals surface area contributed by atoms with Crippen molar-refractivity contribution in [1.82, 2.24) is 0 Å². The van der Waals surface area contributed by atoms with Crippen molar-refractivity contribution in [3.63, 3.8) is 0 Å². The van der Waals surface area contributed by atoms with Crippen molar-refractivity contribution in [2.24, 2.45) is 5.73 Å². The van der Waals surface area contributed by atoms with Crippen molar-refractivity contribution in [2.45, 2.75) is 19.4 Å². The maximum absolute atomic E-state index is 6.35. The van der Waals surface area contributed by atoms with Gasteiger partial charge in [0, 0.05) is 6.42 Å². The normalized spacial score (nSPS) is 14.5. The Kier molecular flexibility index (Phi) is 3.61. The van der Waals surface area contributed by atoms with E-state index in [1.54, 1.807) is 0 Å². The molecule has 1 aliphatic rings. The average Bonchev–Trinajstić information content (AvgIpc) is 2.95. The summed E-state index contributed by atoms with van der Waals surface area (Å²) in [5, 5.41) is 0. The Bertz CT molecular complexity index is 592. The van der Waals surface area contributed by atoms with E-state index >= 15 is 0 Å². The van der Waals surface area contributed by atoms with Crippen molar-refractivity contribution < 1.29 is 9.47 Å². The summed E-state index contributed by atoms with van der Waals surface area (Å²) in [5.41, 5.74) is 9.82. The van der Waals surface area contributed by atoms with Crippen LogP contribution in [0.25, 0.3) is 0 Å². The summed E-state index contributed by atoms with van der Waals surface area (Å²) in [7, 11) is 0. The highest BCUT2D eigenvalue weighted by atomic mass is 16.5. The molecule has 2 aromatic rings. The van der Waals surface area contributed by atoms with Crippen molar-refractivity contribution in [3.8, 4) is 11.5 Å². The summed E-state index contributed by atoms with van der Waals surface area (Å²) in [6.45, 7) is 3.43. The second-order valence-corrected chi connectivity index (χ2v) is 4.95. The van der Waals surface area contributed by atoms with E-state index in [2.05, 4.69) is 6.07 Å². The molecule has 3 rings (SSSR count). The zero-order valence-electron chi connectivity index (χ0n) is 11.6. The monoisotopic (exact) mass is 269 g/mol. The number of nitrogens with two attached hydrogens (primary N) is 1. The van der Waals surface area contributed by atoms with Gasteiger partial charge < -0.3 is 15.2 Å². The molecule has 104 valence electrons. The van der Waals surface area contributed by atoms with Gasteiger partial charge in [-0.25, -0.2) is 0 Å². The van der Waals surface area contributed by atoms with Gasteiger partial charge in [-0.1, -0.05) is 24.3 Å². The maximum Gasteiger partial charge on any atom is 0.122 e. The summed E-state index contributed by atoms with van der Waals surface area (Å²) < 4.78 is 11.0.